The summed E-state index contributed by atoms with van der Waals surface area (Å²) in [6.07, 6.45) is 0.689. The molecule has 34 heavy (non-hydrogen) atoms. The van der Waals surface area contributed by atoms with Crippen molar-refractivity contribution >= 4 is 32.9 Å². The van der Waals surface area contributed by atoms with Crippen LogP contribution in [0.5, 0.6) is 22.4 Å². The number of nitrogens with zero attached hydrogens (tertiary/aromatic N) is 1. The highest BCUT2D eigenvalue weighted by Gasteiger charge is 2.47. The van der Waals surface area contributed by atoms with Crippen LogP contribution in [0.2, 0.25) is 0 Å². The lowest BCUT2D eigenvalue weighted by Crippen LogP contribution is -2.49. The molecule has 0 bridgehead atoms. The van der Waals surface area contributed by atoms with E-state index in [1.165, 1.54) is 11.3 Å². The topological polar surface area (TPSA) is 87.1 Å². The minimum atomic E-state index is -1.07. The van der Waals surface area contributed by atoms with Gasteiger partial charge in [0.2, 0.25) is 0 Å². The first-order valence-electron chi connectivity index (χ1n) is 11.3. The second-order valence-electron chi connectivity index (χ2n) is 9.39. The van der Waals surface area contributed by atoms with E-state index >= 15 is 0 Å². The molecule has 0 radical (unpaired) electrons. The fraction of sp³-hybridized carbons (Fsp3) is 0.385. The quantitative estimate of drug-likeness (QED) is 0.500. The molecule has 0 aliphatic carbocycles. The zero-order valence-corrected chi connectivity index (χ0v) is 20.7. The third-order valence-corrected chi connectivity index (χ3v) is 6.96. The molecule has 0 saturated heterocycles. The van der Waals surface area contributed by atoms with Gasteiger partial charge in [0.15, 0.2) is 17.3 Å². The van der Waals surface area contributed by atoms with Crippen molar-refractivity contribution in [1.29, 1.82) is 0 Å². The molecule has 0 amide bonds. The fourth-order valence-corrected chi connectivity index (χ4v) is 5.29. The highest BCUT2D eigenvalue weighted by atomic mass is 32.1. The number of carbonyl (C=O) groups excluding carboxylic acids is 1. The predicted octanol–water partition coefficient (Wildman–Crippen LogP) is 5.85. The Morgan fingerprint density at radius 3 is 2.47 bits per heavy atom. The monoisotopic (exact) mass is 481 g/mol. The lowest BCUT2D eigenvalue weighted by Gasteiger charge is -2.40. The number of benzene rings is 2. The zero-order chi connectivity index (χ0) is 24.3. The normalized spacial score (nSPS) is 18.9. The van der Waals surface area contributed by atoms with Crippen molar-refractivity contribution in [3.05, 3.63) is 47.2 Å². The summed E-state index contributed by atoms with van der Waals surface area (Å²) in [4.78, 5) is 17.9. The number of Topliss-reactive ketones (excluding diaryl/α,β-unsaturated/α-hetero) is 1. The molecule has 0 spiro atoms. The van der Waals surface area contributed by atoms with E-state index in [0.717, 1.165) is 15.8 Å². The van der Waals surface area contributed by atoms with Crippen molar-refractivity contribution in [2.45, 2.75) is 52.2 Å². The highest BCUT2D eigenvalue weighted by molar-refractivity contribution is 7.20. The van der Waals surface area contributed by atoms with Crippen LogP contribution < -0.4 is 14.2 Å². The van der Waals surface area contributed by atoms with Crippen LogP contribution in [-0.2, 0) is 16.0 Å². The fourth-order valence-electron chi connectivity index (χ4n) is 4.44. The summed E-state index contributed by atoms with van der Waals surface area (Å²) in [6, 6.07) is 9.33. The minimum absolute atomic E-state index is 0.0748. The molecule has 3 heterocycles. The molecule has 2 aromatic carbocycles. The van der Waals surface area contributed by atoms with Crippen molar-refractivity contribution in [2.24, 2.45) is 0 Å². The Morgan fingerprint density at radius 1 is 1.06 bits per heavy atom. The number of aliphatic hydroxyl groups is 1. The number of rotatable bonds is 4. The predicted molar refractivity (Wildman–Crippen MR) is 130 cm³/mol. The number of ether oxygens (including phenoxy) is 4. The van der Waals surface area contributed by atoms with Crippen molar-refractivity contribution in [3.8, 4) is 22.4 Å². The van der Waals surface area contributed by atoms with Gasteiger partial charge in [-0.25, -0.2) is 4.98 Å². The Hall–Kier alpha value is -3.10. The number of fused-ring (bicyclic) bond motifs is 2. The van der Waals surface area contributed by atoms with Crippen LogP contribution in [0, 0.1) is 0 Å². The van der Waals surface area contributed by atoms with Gasteiger partial charge < -0.3 is 24.1 Å². The molecule has 5 rings (SSSR count). The van der Waals surface area contributed by atoms with Gasteiger partial charge in [-0.15, -0.1) is 0 Å². The van der Waals surface area contributed by atoms with Gasteiger partial charge in [0.05, 0.1) is 15.8 Å². The summed E-state index contributed by atoms with van der Waals surface area (Å²) in [5, 5.41) is 11.5. The highest BCUT2D eigenvalue weighted by Crippen LogP contribution is 2.43. The molecule has 7 nitrogen and oxygen atoms in total. The molecule has 1 N–H and O–H groups in total. The van der Waals surface area contributed by atoms with Crippen molar-refractivity contribution in [1.82, 2.24) is 4.98 Å². The Morgan fingerprint density at radius 2 is 1.76 bits per heavy atom. The van der Waals surface area contributed by atoms with Gasteiger partial charge in [-0.2, -0.15) is 0 Å². The number of ketones is 1. The van der Waals surface area contributed by atoms with Crippen molar-refractivity contribution in [3.63, 3.8) is 0 Å². The first kappa shape index (κ1) is 22.7. The number of aliphatic hydroxyl groups excluding tert-OH is 1. The molecule has 0 fully saturated rings. The first-order valence-corrected chi connectivity index (χ1v) is 12.1. The number of aromatic nitrogens is 1. The summed E-state index contributed by atoms with van der Waals surface area (Å²) in [5.41, 5.74) is 0.550. The number of hydrogen-bond donors (Lipinski definition) is 1. The van der Waals surface area contributed by atoms with Gasteiger partial charge in [0.1, 0.15) is 35.9 Å². The molecule has 1 aromatic heterocycles. The summed E-state index contributed by atoms with van der Waals surface area (Å²) in [6.45, 7) is 10.0. The van der Waals surface area contributed by atoms with E-state index in [1.807, 2.05) is 31.2 Å². The average molecular weight is 482 g/mol. The smallest absolute Gasteiger partial charge is 0.279 e. The molecule has 2 aliphatic heterocycles. The van der Waals surface area contributed by atoms with Crippen LogP contribution in [0.15, 0.2) is 36.1 Å². The van der Waals surface area contributed by atoms with Gasteiger partial charge in [-0.05, 0) is 57.4 Å². The standard InChI is InChI=1S/C26H27NO6S/c1-6-14-7-8-15(11-16(14)21-22(28)25(2,3)33-26(4,5)23(21)29)32-24-27-17-12-18-19(13-20(17)34-24)31-10-9-30-18/h7-8,11-13,28H,6,9-10H2,1-5H3. The maximum atomic E-state index is 13.3. The van der Waals surface area contributed by atoms with Crippen LogP contribution in [-0.4, -0.2) is 40.3 Å². The largest absolute Gasteiger partial charge is 0.508 e. The minimum Gasteiger partial charge on any atom is -0.508 e. The second-order valence-corrected chi connectivity index (χ2v) is 10.4. The van der Waals surface area contributed by atoms with Crippen LogP contribution in [0.1, 0.15) is 45.7 Å². The molecular formula is C26H27NO6S. The Balaban J connectivity index is 1.55. The molecule has 3 aromatic rings. The van der Waals surface area contributed by atoms with Crippen LogP contribution in [0.3, 0.4) is 0 Å². The van der Waals surface area contributed by atoms with E-state index < -0.39 is 11.2 Å². The van der Waals surface area contributed by atoms with Crippen molar-refractivity contribution < 1.29 is 28.8 Å². The maximum absolute atomic E-state index is 13.3. The van der Waals surface area contributed by atoms with Gasteiger partial charge in [0, 0.05) is 12.1 Å². The molecule has 2 aliphatic rings. The van der Waals surface area contributed by atoms with Crippen LogP contribution >= 0.6 is 11.3 Å². The van der Waals surface area contributed by atoms with E-state index in [4.69, 9.17) is 18.9 Å². The molecule has 0 unspecified atom stereocenters. The lowest BCUT2D eigenvalue weighted by molar-refractivity contribution is -0.158. The van der Waals surface area contributed by atoms with Gasteiger partial charge in [-0.1, -0.05) is 24.3 Å². The molecule has 0 saturated carbocycles. The van der Waals surface area contributed by atoms with Crippen LogP contribution in [0.25, 0.3) is 15.8 Å². The van der Waals surface area contributed by atoms with Gasteiger partial charge in [-0.3, -0.25) is 4.79 Å². The van der Waals surface area contributed by atoms with Crippen LogP contribution in [0.4, 0.5) is 0 Å². The molecule has 8 heteroatoms. The van der Waals surface area contributed by atoms with E-state index in [-0.39, 0.29) is 17.1 Å². The number of thiazole rings is 1. The second kappa shape index (κ2) is 7.99. The van der Waals surface area contributed by atoms with E-state index in [2.05, 4.69) is 4.98 Å². The third-order valence-electron chi connectivity index (χ3n) is 6.06. The number of carbonyl (C=O) groups is 1. The lowest BCUT2D eigenvalue weighted by atomic mass is 9.81. The average Bonchev–Trinajstić information content (AvgIpc) is 3.17. The first-order chi connectivity index (χ1) is 16.1. The van der Waals surface area contributed by atoms with Gasteiger partial charge in [0.25, 0.3) is 5.19 Å². The SMILES string of the molecule is CCc1ccc(Oc2nc3cc4c(cc3s2)OCCO4)cc1C1=C(O)C(C)(C)OC(C)(C)C1=O. The summed E-state index contributed by atoms with van der Waals surface area (Å²) in [5.74, 6) is 1.57. The Kier molecular flexibility index (Phi) is 5.33. The summed E-state index contributed by atoms with van der Waals surface area (Å²) < 4.78 is 24.2. The number of hydrogen-bond acceptors (Lipinski definition) is 8. The number of aryl methyl sites for hydroxylation is 1. The summed E-state index contributed by atoms with van der Waals surface area (Å²) >= 11 is 1.40. The van der Waals surface area contributed by atoms with E-state index in [9.17, 15) is 9.90 Å². The van der Waals surface area contributed by atoms with Crippen molar-refractivity contribution in [2.75, 3.05) is 13.2 Å². The summed E-state index contributed by atoms with van der Waals surface area (Å²) in [7, 11) is 0. The zero-order valence-electron chi connectivity index (χ0n) is 19.9. The molecule has 178 valence electrons. The van der Waals surface area contributed by atoms with Gasteiger partial charge >= 0.3 is 0 Å². The Bertz CT molecular complexity index is 1290. The molecule has 0 atom stereocenters. The third kappa shape index (κ3) is 3.80. The van der Waals surface area contributed by atoms with E-state index in [0.29, 0.717) is 47.6 Å². The van der Waals surface area contributed by atoms with E-state index in [1.54, 1.807) is 33.8 Å². The molecular weight excluding hydrogens is 454 g/mol. The maximum Gasteiger partial charge on any atom is 0.279 e. The Labute approximate surface area is 201 Å².